The SMILES string of the molecule is Cc1nn(-c2ccccc2Cl)c2sc(C(=O)Nc3ccccc3OC(F)F)cc12. The highest BCUT2D eigenvalue weighted by atomic mass is 35.5. The van der Waals surface area contributed by atoms with E-state index in [9.17, 15) is 13.6 Å². The van der Waals surface area contributed by atoms with Gasteiger partial charge in [0.05, 0.1) is 27.0 Å². The van der Waals surface area contributed by atoms with Crippen LogP contribution in [0.5, 0.6) is 5.75 Å². The highest BCUT2D eigenvalue weighted by Gasteiger charge is 2.19. The molecule has 5 nitrogen and oxygen atoms in total. The topological polar surface area (TPSA) is 56.2 Å². The summed E-state index contributed by atoms with van der Waals surface area (Å²) in [6, 6.07) is 15.0. The van der Waals surface area contributed by atoms with Crippen LogP contribution in [-0.2, 0) is 0 Å². The summed E-state index contributed by atoms with van der Waals surface area (Å²) in [5.74, 6) is -0.531. The Balaban J connectivity index is 1.68. The summed E-state index contributed by atoms with van der Waals surface area (Å²) in [4.78, 5) is 13.9. The molecule has 2 aromatic heterocycles. The second-order valence-electron chi connectivity index (χ2n) is 6.11. The van der Waals surface area contributed by atoms with Gasteiger partial charge in [0, 0.05) is 5.39 Å². The van der Waals surface area contributed by atoms with Gasteiger partial charge in [-0.15, -0.1) is 11.3 Å². The van der Waals surface area contributed by atoms with E-state index in [0.717, 1.165) is 15.9 Å². The molecule has 0 aliphatic carbocycles. The zero-order valence-corrected chi connectivity index (χ0v) is 16.6. The van der Waals surface area contributed by atoms with Crippen LogP contribution < -0.4 is 10.1 Å². The second-order valence-corrected chi connectivity index (χ2v) is 7.54. The Morgan fingerprint density at radius 1 is 1.21 bits per heavy atom. The maximum Gasteiger partial charge on any atom is 0.387 e. The molecule has 0 saturated carbocycles. The van der Waals surface area contributed by atoms with E-state index < -0.39 is 12.5 Å². The maximum atomic E-state index is 12.7. The third kappa shape index (κ3) is 3.81. The van der Waals surface area contributed by atoms with Crippen molar-refractivity contribution < 1.29 is 18.3 Å². The molecule has 4 rings (SSSR count). The molecule has 0 saturated heterocycles. The quantitative estimate of drug-likeness (QED) is 0.426. The zero-order chi connectivity index (χ0) is 20.5. The molecule has 0 bridgehead atoms. The van der Waals surface area contributed by atoms with E-state index >= 15 is 0 Å². The molecule has 1 amide bonds. The number of para-hydroxylation sites is 3. The summed E-state index contributed by atoms with van der Waals surface area (Å²) in [7, 11) is 0. The lowest BCUT2D eigenvalue weighted by atomic mass is 10.2. The minimum absolute atomic E-state index is 0.101. The van der Waals surface area contributed by atoms with E-state index in [1.54, 1.807) is 28.9 Å². The van der Waals surface area contributed by atoms with Gasteiger partial charge in [0.2, 0.25) is 0 Å². The Bertz CT molecular complexity index is 1210. The molecule has 0 unspecified atom stereocenters. The number of carbonyl (C=O) groups is 1. The number of hydrogen-bond acceptors (Lipinski definition) is 4. The molecule has 1 N–H and O–H groups in total. The Kier molecular flexibility index (Phi) is 5.21. The number of rotatable bonds is 5. The molecule has 0 spiro atoms. The monoisotopic (exact) mass is 433 g/mol. The van der Waals surface area contributed by atoms with Crippen molar-refractivity contribution >= 4 is 44.7 Å². The smallest absolute Gasteiger partial charge is 0.387 e. The molecule has 0 aliphatic heterocycles. The van der Waals surface area contributed by atoms with Gasteiger partial charge in [-0.1, -0.05) is 35.9 Å². The zero-order valence-electron chi connectivity index (χ0n) is 15.0. The molecule has 2 heterocycles. The van der Waals surface area contributed by atoms with Gasteiger partial charge in [0.1, 0.15) is 10.6 Å². The van der Waals surface area contributed by atoms with Gasteiger partial charge in [-0.3, -0.25) is 4.79 Å². The van der Waals surface area contributed by atoms with Crippen LogP contribution in [-0.4, -0.2) is 22.3 Å². The number of nitrogens with zero attached hydrogens (tertiary/aromatic N) is 2. The van der Waals surface area contributed by atoms with E-state index in [1.165, 1.54) is 23.5 Å². The molecule has 0 radical (unpaired) electrons. The Hall–Kier alpha value is -2.97. The number of amides is 1. The molecule has 2 aromatic carbocycles. The molecular formula is C20H14ClF2N3O2S. The highest BCUT2D eigenvalue weighted by Crippen LogP contribution is 2.33. The largest absolute Gasteiger partial charge is 0.433 e. The van der Waals surface area contributed by atoms with Crippen molar-refractivity contribution in [1.82, 2.24) is 9.78 Å². The Labute approximate surface area is 173 Å². The van der Waals surface area contributed by atoms with E-state index in [0.29, 0.717) is 15.6 Å². The number of carbonyl (C=O) groups excluding carboxylic acids is 1. The van der Waals surface area contributed by atoms with E-state index in [-0.39, 0.29) is 11.4 Å². The third-order valence-electron chi connectivity index (χ3n) is 4.20. The van der Waals surface area contributed by atoms with Crippen molar-refractivity contribution in [2.45, 2.75) is 13.5 Å². The van der Waals surface area contributed by atoms with Crippen molar-refractivity contribution in [3.63, 3.8) is 0 Å². The number of fused-ring (bicyclic) bond motifs is 1. The normalized spacial score (nSPS) is 11.2. The number of anilines is 1. The molecule has 4 aromatic rings. The Morgan fingerprint density at radius 2 is 1.93 bits per heavy atom. The molecule has 148 valence electrons. The average Bonchev–Trinajstić information content (AvgIpc) is 3.24. The van der Waals surface area contributed by atoms with Crippen LogP contribution in [0.25, 0.3) is 15.9 Å². The van der Waals surface area contributed by atoms with E-state index in [1.807, 2.05) is 25.1 Å². The number of halogens is 3. The maximum absolute atomic E-state index is 12.7. The van der Waals surface area contributed by atoms with Crippen LogP contribution in [0.3, 0.4) is 0 Å². The molecule has 0 atom stereocenters. The first-order valence-corrected chi connectivity index (χ1v) is 9.72. The predicted molar refractivity (Wildman–Crippen MR) is 110 cm³/mol. The predicted octanol–water partition coefficient (Wildman–Crippen LogP) is 5.90. The van der Waals surface area contributed by atoms with Crippen LogP contribution in [0.2, 0.25) is 5.02 Å². The fraction of sp³-hybridized carbons (Fsp3) is 0.100. The minimum atomic E-state index is -2.98. The summed E-state index contributed by atoms with van der Waals surface area (Å²) in [5, 5.41) is 8.50. The number of benzene rings is 2. The molecule has 9 heteroatoms. The van der Waals surface area contributed by atoms with Crippen LogP contribution >= 0.6 is 22.9 Å². The summed E-state index contributed by atoms with van der Waals surface area (Å²) in [6.07, 6.45) is 0. The van der Waals surface area contributed by atoms with Gasteiger partial charge in [-0.05, 0) is 37.3 Å². The van der Waals surface area contributed by atoms with Crippen molar-refractivity contribution in [2.75, 3.05) is 5.32 Å². The lowest BCUT2D eigenvalue weighted by Gasteiger charge is -2.11. The number of alkyl halides is 2. The molecule has 0 fully saturated rings. The number of aryl methyl sites for hydroxylation is 1. The fourth-order valence-electron chi connectivity index (χ4n) is 2.90. The van der Waals surface area contributed by atoms with Gasteiger partial charge in [-0.25, -0.2) is 4.68 Å². The summed E-state index contributed by atoms with van der Waals surface area (Å²) in [6.45, 7) is -1.14. The van der Waals surface area contributed by atoms with Crippen molar-refractivity contribution in [2.24, 2.45) is 0 Å². The lowest BCUT2D eigenvalue weighted by Crippen LogP contribution is -2.12. The van der Waals surface area contributed by atoms with Crippen LogP contribution in [0, 0.1) is 6.92 Å². The van der Waals surface area contributed by atoms with Crippen LogP contribution in [0.15, 0.2) is 54.6 Å². The summed E-state index contributed by atoms with van der Waals surface area (Å²) >= 11 is 7.53. The highest BCUT2D eigenvalue weighted by molar-refractivity contribution is 7.20. The second kappa shape index (κ2) is 7.81. The van der Waals surface area contributed by atoms with Crippen molar-refractivity contribution in [1.29, 1.82) is 0 Å². The average molecular weight is 434 g/mol. The van der Waals surface area contributed by atoms with Gasteiger partial charge in [0.25, 0.3) is 5.91 Å². The van der Waals surface area contributed by atoms with Gasteiger partial charge in [-0.2, -0.15) is 13.9 Å². The fourth-order valence-corrected chi connectivity index (χ4v) is 4.19. The lowest BCUT2D eigenvalue weighted by molar-refractivity contribution is -0.0493. The first-order valence-electron chi connectivity index (χ1n) is 8.53. The summed E-state index contributed by atoms with van der Waals surface area (Å²) in [5.41, 5.74) is 1.62. The molecular weight excluding hydrogens is 420 g/mol. The number of thiophene rings is 1. The van der Waals surface area contributed by atoms with Crippen LogP contribution in [0.4, 0.5) is 14.5 Å². The van der Waals surface area contributed by atoms with E-state index in [2.05, 4.69) is 15.2 Å². The van der Waals surface area contributed by atoms with Gasteiger partial charge < -0.3 is 10.1 Å². The van der Waals surface area contributed by atoms with Crippen molar-refractivity contribution in [3.05, 3.63) is 70.2 Å². The Morgan fingerprint density at radius 3 is 2.69 bits per heavy atom. The first-order chi connectivity index (χ1) is 13.9. The third-order valence-corrected chi connectivity index (χ3v) is 5.63. The van der Waals surface area contributed by atoms with Crippen LogP contribution in [0.1, 0.15) is 15.4 Å². The van der Waals surface area contributed by atoms with Gasteiger partial charge >= 0.3 is 6.61 Å². The number of nitrogens with one attached hydrogen (secondary N) is 1. The standard InChI is InChI=1S/C20H14ClF2N3O2S/c1-11-12-10-17(18(27)24-14-7-3-5-9-16(14)28-20(22)23)29-19(12)26(25-11)15-8-4-2-6-13(15)21/h2-10,20H,1H3,(H,24,27). The number of hydrogen-bond donors (Lipinski definition) is 1. The number of ether oxygens (including phenoxy) is 1. The van der Waals surface area contributed by atoms with E-state index in [4.69, 9.17) is 11.6 Å². The number of aromatic nitrogens is 2. The van der Waals surface area contributed by atoms with Crippen molar-refractivity contribution in [3.8, 4) is 11.4 Å². The molecule has 29 heavy (non-hydrogen) atoms. The first kappa shape index (κ1) is 19.4. The summed E-state index contributed by atoms with van der Waals surface area (Å²) < 4.78 is 31.3. The minimum Gasteiger partial charge on any atom is -0.433 e. The van der Waals surface area contributed by atoms with Gasteiger partial charge in [0.15, 0.2) is 0 Å². The molecule has 0 aliphatic rings.